The topological polar surface area (TPSA) is 73.6 Å². The highest BCUT2D eigenvalue weighted by atomic mass is 14.7. The summed E-state index contributed by atoms with van der Waals surface area (Å²) in [4.78, 5) is 0. The van der Waals surface area contributed by atoms with Crippen molar-refractivity contribution in [2.75, 3.05) is 0 Å². The third kappa shape index (κ3) is 1.22. The van der Waals surface area contributed by atoms with Crippen molar-refractivity contribution in [3.05, 3.63) is 0 Å². The van der Waals surface area contributed by atoms with E-state index in [9.17, 15) is 0 Å². The van der Waals surface area contributed by atoms with Crippen LogP contribution in [0.3, 0.4) is 0 Å². The van der Waals surface area contributed by atoms with Crippen LogP contribution in [-0.4, -0.2) is 5.54 Å². The summed E-state index contributed by atoms with van der Waals surface area (Å²) in [5.74, 6) is 0. The number of hydrogen-bond donors (Lipinski definition) is 1. The van der Waals surface area contributed by atoms with Gasteiger partial charge in [-0.05, 0) is 6.42 Å². The van der Waals surface area contributed by atoms with Crippen LogP contribution in [0.25, 0.3) is 0 Å². The molecule has 0 aliphatic rings. The molecule has 0 aromatic rings. The van der Waals surface area contributed by atoms with Gasteiger partial charge in [0.15, 0.2) is 5.54 Å². The van der Waals surface area contributed by atoms with Gasteiger partial charge in [-0.25, -0.2) is 0 Å². The summed E-state index contributed by atoms with van der Waals surface area (Å²) >= 11 is 0. The molecule has 0 amide bonds. The molecule has 3 heteroatoms. The molecular formula is C5H7N3. The van der Waals surface area contributed by atoms with Crippen LogP contribution in [0.4, 0.5) is 0 Å². The summed E-state index contributed by atoms with van der Waals surface area (Å²) in [6.45, 7) is 1.70. The summed E-state index contributed by atoms with van der Waals surface area (Å²) in [7, 11) is 0. The van der Waals surface area contributed by atoms with E-state index in [0.29, 0.717) is 6.42 Å². The molecule has 0 spiro atoms. The first-order valence-electron chi connectivity index (χ1n) is 2.30. The van der Waals surface area contributed by atoms with Crippen molar-refractivity contribution < 1.29 is 0 Å². The predicted octanol–water partition coefficient (Wildman–Crippen LogP) is 0.141. The molecule has 0 bridgehead atoms. The van der Waals surface area contributed by atoms with Crippen molar-refractivity contribution in [2.24, 2.45) is 5.73 Å². The van der Waals surface area contributed by atoms with Crippen molar-refractivity contribution in [3.8, 4) is 12.1 Å². The zero-order valence-corrected chi connectivity index (χ0v) is 4.68. The van der Waals surface area contributed by atoms with Gasteiger partial charge in [0, 0.05) is 0 Å². The van der Waals surface area contributed by atoms with E-state index in [1.807, 2.05) is 0 Å². The van der Waals surface area contributed by atoms with E-state index < -0.39 is 5.54 Å². The zero-order valence-electron chi connectivity index (χ0n) is 4.68. The van der Waals surface area contributed by atoms with Crippen LogP contribution in [0.1, 0.15) is 13.3 Å². The lowest BCUT2D eigenvalue weighted by atomic mass is 10.0. The summed E-state index contributed by atoms with van der Waals surface area (Å²) in [5.41, 5.74) is 3.91. The second kappa shape index (κ2) is 2.30. The minimum Gasteiger partial charge on any atom is -0.301 e. The van der Waals surface area contributed by atoms with Gasteiger partial charge in [-0.1, -0.05) is 6.92 Å². The molecule has 0 fully saturated rings. The van der Waals surface area contributed by atoms with Gasteiger partial charge in [0.1, 0.15) is 12.1 Å². The lowest BCUT2D eigenvalue weighted by Crippen LogP contribution is -2.34. The van der Waals surface area contributed by atoms with E-state index in [1.54, 1.807) is 19.1 Å². The van der Waals surface area contributed by atoms with Crippen LogP contribution in [-0.2, 0) is 0 Å². The highest BCUT2D eigenvalue weighted by Crippen LogP contribution is 1.99. The second-order valence-corrected chi connectivity index (χ2v) is 1.55. The fourth-order valence-corrected chi connectivity index (χ4v) is 0.183. The van der Waals surface area contributed by atoms with Crippen LogP contribution in [0.5, 0.6) is 0 Å². The van der Waals surface area contributed by atoms with Crippen molar-refractivity contribution in [2.45, 2.75) is 18.9 Å². The van der Waals surface area contributed by atoms with Gasteiger partial charge in [0.05, 0.1) is 0 Å². The molecule has 0 rings (SSSR count). The molecule has 0 aliphatic carbocycles. The average Bonchev–Trinajstić information content (AvgIpc) is 1.87. The first kappa shape index (κ1) is 6.94. The fourth-order valence-electron chi connectivity index (χ4n) is 0.183. The SMILES string of the molecule is CCC(N)(C#N)C#N. The molecule has 0 atom stereocenters. The Bertz CT molecular complexity index is 134. The summed E-state index contributed by atoms with van der Waals surface area (Å²) in [5, 5.41) is 16.4. The molecule has 8 heavy (non-hydrogen) atoms. The lowest BCUT2D eigenvalue weighted by molar-refractivity contribution is 0.658. The number of nitrogens with zero attached hydrogens (tertiary/aromatic N) is 2. The van der Waals surface area contributed by atoms with Gasteiger partial charge in [0.2, 0.25) is 0 Å². The molecule has 0 aromatic carbocycles. The molecule has 2 N–H and O–H groups in total. The van der Waals surface area contributed by atoms with E-state index in [0.717, 1.165) is 0 Å². The number of nitriles is 2. The Labute approximate surface area is 48.3 Å². The maximum atomic E-state index is 8.19. The van der Waals surface area contributed by atoms with Gasteiger partial charge in [-0.2, -0.15) is 10.5 Å². The summed E-state index contributed by atoms with van der Waals surface area (Å²) in [6.07, 6.45) is 0.375. The van der Waals surface area contributed by atoms with Gasteiger partial charge in [-0.3, -0.25) is 0 Å². The standard InChI is InChI=1S/C5H7N3/c1-2-5(8,3-6)4-7/h2,8H2,1H3. The Morgan fingerprint density at radius 3 is 1.88 bits per heavy atom. The Hall–Kier alpha value is -1.06. The lowest BCUT2D eigenvalue weighted by Gasteiger charge is -2.05. The molecule has 42 valence electrons. The van der Waals surface area contributed by atoms with Crippen LogP contribution >= 0.6 is 0 Å². The molecule has 0 aromatic heterocycles. The summed E-state index contributed by atoms with van der Waals surface area (Å²) in [6, 6.07) is 3.39. The Balaban J connectivity index is 4.11. The summed E-state index contributed by atoms with van der Waals surface area (Å²) < 4.78 is 0. The molecule has 0 heterocycles. The highest BCUT2D eigenvalue weighted by molar-refractivity contribution is 5.18. The van der Waals surface area contributed by atoms with Crippen LogP contribution in [0.2, 0.25) is 0 Å². The number of hydrogen-bond acceptors (Lipinski definition) is 3. The van der Waals surface area contributed by atoms with E-state index in [2.05, 4.69) is 0 Å². The number of nitrogens with two attached hydrogens (primary N) is 1. The first-order chi connectivity index (χ1) is 3.68. The van der Waals surface area contributed by atoms with Gasteiger partial charge >= 0.3 is 0 Å². The Morgan fingerprint density at radius 2 is 1.88 bits per heavy atom. The molecule has 0 saturated carbocycles. The van der Waals surface area contributed by atoms with Crippen molar-refractivity contribution in [3.63, 3.8) is 0 Å². The number of rotatable bonds is 1. The van der Waals surface area contributed by atoms with Crippen LogP contribution in [0.15, 0.2) is 0 Å². The first-order valence-corrected chi connectivity index (χ1v) is 2.30. The third-order valence-corrected chi connectivity index (χ3v) is 0.957. The molecule has 0 saturated heterocycles. The zero-order chi connectivity index (χ0) is 6.62. The molecule has 0 radical (unpaired) electrons. The van der Waals surface area contributed by atoms with Crippen molar-refractivity contribution in [1.82, 2.24) is 0 Å². The maximum absolute atomic E-state index is 8.19. The average molecular weight is 109 g/mol. The molecule has 3 nitrogen and oxygen atoms in total. The smallest absolute Gasteiger partial charge is 0.191 e. The fraction of sp³-hybridized carbons (Fsp3) is 0.600. The van der Waals surface area contributed by atoms with Crippen LogP contribution in [0, 0.1) is 22.7 Å². The van der Waals surface area contributed by atoms with E-state index in [1.165, 1.54) is 0 Å². The second-order valence-electron chi connectivity index (χ2n) is 1.55. The van der Waals surface area contributed by atoms with Gasteiger partial charge in [-0.15, -0.1) is 0 Å². The van der Waals surface area contributed by atoms with Gasteiger partial charge < -0.3 is 5.73 Å². The highest BCUT2D eigenvalue weighted by Gasteiger charge is 2.19. The monoisotopic (exact) mass is 109 g/mol. The van der Waals surface area contributed by atoms with E-state index in [4.69, 9.17) is 16.3 Å². The molecule has 0 unspecified atom stereocenters. The Kier molecular flexibility index (Phi) is 1.99. The van der Waals surface area contributed by atoms with Gasteiger partial charge in [0.25, 0.3) is 0 Å². The van der Waals surface area contributed by atoms with E-state index in [-0.39, 0.29) is 0 Å². The third-order valence-electron chi connectivity index (χ3n) is 0.957. The normalized spacial score (nSPS) is 9.50. The largest absolute Gasteiger partial charge is 0.301 e. The van der Waals surface area contributed by atoms with E-state index >= 15 is 0 Å². The van der Waals surface area contributed by atoms with Crippen molar-refractivity contribution in [1.29, 1.82) is 10.5 Å². The van der Waals surface area contributed by atoms with Crippen LogP contribution < -0.4 is 5.73 Å². The quantitative estimate of drug-likeness (QED) is 0.520. The predicted molar refractivity (Wildman–Crippen MR) is 28.4 cm³/mol. The molecule has 0 aliphatic heterocycles. The van der Waals surface area contributed by atoms with Crippen molar-refractivity contribution >= 4 is 0 Å². The molecular weight excluding hydrogens is 102 g/mol. The minimum atomic E-state index is -1.26. The Morgan fingerprint density at radius 1 is 1.50 bits per heavy atom. The minimum absolute atomic E-state index is 0.375. The maximum Gasteiger partial charge on any atom is 0.191 e.